The highest BCUT2D eigenvalue weighted by atomic mass is 32.2. The van der Waals surface area contributed by atoms with Crippen molar-refractivity contribution in [3.05, 3.63) is 41.5 Å². The zero-order valence-corrected chi connectivity index (χ0v) is 13.8. The molecule has 0 spiro atoms. The molecule has 0 radical (unpaired) electrons. The molecular weight excluding hydrogens is 300 g/mol. The SMILES string of the molecule is CC1=CCN(C(=O)Nc2cccc(C3SCCS3)c2)CC1. The number of carbonyl (C=O) groups is 1. The molecule has 112 valence electrons. The molecule has 5 heteroatoms. The summed E-state index contributed by atoms with van der Waals surface area (Å²) in [5, 5.41) is 3.03. The van der Waals surface area contributed by atoms with Gasteiger partial charge in [-0.15, -0.1) is 23.5 Å². The number of hydrogen-bond donors (Lipinski definition) is 1. The van der Waals surface area contributed by atoms with E-state index in [-0.39, 0.29) is 6.03 Å². The van der Waals surface area contributed by atoms with Crippen LogP contribution < -0.4 is 5.32 Å². The molecule has 2 heterocycles. The summed E-state index contributed by atoms with van der Waals surface area (Å²) in [4.78, 5) is 14.1. The average molecular weight is 320 g/mol. The Kier molecular flexibility index (Phi) is 4.80. The van der Waals surface area contributed by atoms with Gasteiger partial charge in [0.15, 0.2) is 0 Å². The van der Waals surface area contributed by atoms with Gasteiger partial charge in [-0.2, -0.15) is 0 Å². The van der Waals surface area contributed by atoms with Crippen LogP contribution in [0.4, 0.5) is 10.5 Å². The summed E-state index contributed by atoms with van der Waals surface area (Å²) >= 11 is 3.97. The van der Waals surface area contributed by atoms with Crippen molar-refractivity contribution in [2.45, 2.75) is 17.9 Å². The van der Waals surface area contributed by atoms with Crippen molar-refractivity contribution >= 4 is 35.2 Å². The average Bonchev–Trinajstić information content (AvgIpc) is 3.02. The molecule has 2 aliphatic rings. The number of amides is 2. The first kappa shape index (κ1) is 14.9. The Labute approximate surface area is 134 Å². The first-order valence-corrected chi connectivity index (χ1v) is 9.37. The van der Waals surface area contributed by atoms with Gasteiger partial charge in [0.25, 0.3) is 0 Å². The van der Waals surface area contributed by atoms with E-state index >= 15 is 0 Å². The van der Waals surface area contributed by atoms with E-state index in [0.717, 1.165) is 18.7 Å². The fourth-order valence-corrected chi connectivity index (χ4v) is 5.31. The molecule has 2 amide bonds. The van der Waals surface area contributed by atoms with Gasteiger partial charge in [0.1, 0.15) is 0 Å². The van der Waals surface area contributed by atoms with Gasteiger partial charge in [0, 0.05) is 30.3 Å². The van der Waals surface area contributed by atoms with Crippen LogP contribution in [0.3, 0.4) is 0 Å². The predicted molar refractivity (Wildman–Crippen MR) is 93.1 cm³/mol. The van der Waals surface area contributed by atoms with Crippen LogP contribution in [0.25, 0.3) is 0 Å². The summed E-state index contributed by atoms with van der Waals surface area (Å²) in [6, 6.07) is 8.27. The number of hydrogen-bond acceptors (Lipinski definition) is 3. The quantitative estimate of drug-likeness (QED) is 0.822. The van der Waals surface area contributed by atoms with Crippen molar-refractivity contribution in [3.63, 3.8) is 0 Å². The molecule has 0 unspecified atom stereocenters. The first-order chi connectivity index (χ1) is 10.2. The Morgan fingerprint density at radius 2 is 2.14 bits per heavy atom. The summed E-state index contributed by atoms with van der Waals surface area (Å²) < 4.78 is 0.516. The van der Waals surface area contributed by atoms with Gasteiger partial charge >= 0.3 is 6.03 Å². The van der Waals surface area contributed by atoms with Crippen LogP contribution in [-0.4, -0.2) is 35.5 Å². The fourth-order valence-electron chi connectivity index (χ4n) is 2.47. The van der Waals surface area contributed by atoms with Crippen LogP contribution in [0.1, 0.15) is 23.5 Å². The number of thioether (sulfide) groups is 2. The normalized spacial score (nSPS) is 19.5. The van der Waals surface area contributed by atoms with E-state index in [2.05, 4.69) is 30.4 Å². The van der Waals surface area contributed by atoms with Gasteiger partial charge < -0.3 is 10.2 Å². The van der Waals surface area contributed by atoms with E-state index in [4.69, 9.17) is 0 Å². The van der Waals surface area contributed by atoms with Crippen molar-refractivity contribution in [2.75, 3.05) is 29.9 Å². The lowest BCUT2D eigenvalue weighted by Gasteiger charge is -2.25. The molecule has 0 atom stereocenters. The van der Waals surface area contributed by atoms with Gasteiger partial charge in [-0.3, -0.25) is 0 Å². The number of nitrogens with zero attached hydrogens (tertiary/aromatic N) is 1. The van der Waals surface area contributed by atoms with Crippen LogP contribution >= 0.6 is 23.5 Å². The summed E-state index contributed by atoms with van der Waals surface area (Å²) in [6.07, 6.45) is 3.11. The van der Waals surface area contributed by atoms with E-state index in [1.54, 1.807) is 0 Å². The Balaban J connectivity index is 1.64. The molecule has 1 saturated heterocycles. The van der Waals surface area contributed by atoms with Crippen molar-refractivity contribution in [1.82, 2.24) is 4.90 Å². The summed E-state index contributed by atoms with van der Waals surface area (Å²) in [5.41, 5.74) is 3.57. The Hall–Kier alpha value is -1.07. The van der Waals surface area contributed by atoms with E-state index in [0.29, 0.717) is 11.1 Å². The van der Waals surface area contributed by atoms with Crippen LogP contribution in [0, 0.1) is 0 Å². The van der Waals surface area contributed by atoms with Gasteiger partial charge in [0.05, 0.1) is 4.58 Å². The highest BCUT2D eigenvalue weighted by molar-refractivity contribution is 8.19. The van der Waals surface area contributed by atoms with E-state index in [9.17, 15) is 4.79 Å². The zero-order valence-electron chi connectivity index (χ0n) is 12.2. The lowest BCUT2D eigenvalue weighted by Crippen LogP contribution is -2.37. The molecular formula is C16H20N2OS2. The minimum absolute atomic E-state index is 0.00243. The third-order valence-corrected chi connectivity index (χ3v) is 6.86. The molecule has 2 aliphatic heterocycles. The van der Waals surface area contributed by atoms with Gasteiger partial charge in [-0.1, -0.05) is 23.8 Å². The fraction of sp³-hybridized carbons (Fsp3) is 0.438. The molecule has 1 fully saturated rings. The van der Waals surface area contributed by atoms with E-state index in [1.807, 2.05) is 40.6 Å². The second kappa shape index (κ2) is 6.79. The van der Waals surface area contributed by atoms with Crippen molar-refractivity contribution in [2.24, 2.45) is 0 Å². The molecule has 1 N–H and O–H groups in total. The number of urea groups is 1. The van der Waals surface area contributed by atoms with Crippen LogP contribution in [0.5, 0.6) is 0 Å². The minimum atomic E-state index is 0.00243. The Morgan fingerprint density at radius 1 is 1.33 bits per heavy atom. The maximum Gasteiger partial charge on any atom is 0.322 e. The highest BCUT2D eigenvalue weighted by Gasteiger charge is 2.19. The molecule has 1 aromatic rings. The van der Waals surface area contributed by atoms with Gasteiger partial charge in [0.2, 0.25) is 0 Å². The molecule has 3 nitrogen and oxygen atoms in total. The maximum atomic E-state index is 12.3. The number of benzene rings is 1. The summed E-state index contributed by atoms with van der Waals surface area (Å²) in [7, 11) is 0. The number of anilines is 1. The maximum absolute atomic E-state index is 12.3. The summed E-state index contributed by atoms with van der Waals surface area (Å²) in [5.74, 6) is 2.43. The predicted octanol–water partition coefficient (Wildman–Crippen LogP) is 4.35. The standard InChI is InChI=1S/C16H20N2OS2/c1-12-5-7-18(8-6-12)16(19)17-14-4-2-3-13(11-14)15-20-9-10-21-15/h2-5,11,15H,6-10H2,1H3,(H,17,19). The topological polar surface area (TPSA) is 32.3 Å². The molecule has 0 bridgehead atoms. The zero-order chi connectivity index (χ0) is 14.7. The first-order valence-electron chi connectivity index (χ1n) is 7.27. The Bertz CT molecular complexity index is 553. The number of nitrogens with one attached hydrogen (secondary N) is 1. The second-order valence-corrected chi connectivity index (χ2v) is 8.10. The second-order valence-electron chi connectivity index (χ2n) is 5.38. The van der Waals surface area contributed by atoms with Gasteiger partial charge in [-0.25, -0.2) is 4.79 Å². The smallest absolute Gasteiger partial charge is 0.320 e. The van der Waals surface area contributed by atoms with Crippen molar-refractivity contribution in [3.8, 4) is 0 Å². The monoisotopic (exact) mass is 320 g/mol. The largest absolute Gasteiger partial charge is 0.322 e. The number of carbonyl (C=O) groups excluding carboxylic acids is 1. The molecule has 1 aromatic carbocycles. The third-order valence-electron chi connectivity index (χ3n) is 3.76. The number of rotatable bonds is 2. The lowest BCUT2D eigenvalue weighted by atomic mass is 10.1. The minimum Gasteiger partial charge on any atom is -0.320 e. The summed E-state index contributed by atoms with van der Waals surface area (Å²) in [6.45, 7) is 3.64. The van der Waals surface area contributed by atoms with Crippen molar-refractivity contribution in [1.29, 1.82) is 0 Å². The van der Waals surface area contributed by atoms with Gasteiger partial charge in [-0.05, 0) is 31.0 Å². The third kappa shape index (κ3) is 3.77. The van der Waals surface area contributed by atoms with Crippen molar-refractivity contribution < 1.29 is 4.79 Å². The lowest BCUT2D eigenvalue weighted by molar-refractivity contribution is 0.215. The van der Waals surface area contributed by atoms with Crippen LogP contribution in [-0.2, 0) is 0 Å². The van der Waals surface area contributed by atoms with E-state index in [1.165, 1.54) is 22.6 Å². The molecule has 0 aromatic heterocycles. The molecule has 3 rings (SSSR count). The molecule has 0 saturated carbocycles. The Morgan fingerprint density at radius 3 is 2.86 bits per heavy atom. The molecule has 0 aliphatic carbocycles. The molecule has 21 heavy (non-hydrogen) atoms. The van der Waals surface area contributed by atoms with Crippen LogP contribution in [0.2, 0.25) is 0 Å². The van der Waals surface area contributed by atoms with Crippen LogP contribution in [0.15, 0.2) is 35.9 Å². The van der Waals surface area contributed by atoms with E-state index < -0.39 is 0 Å². The highest BCUT2D eigenvalue weighted by Crippen LogP contribution is 2.45.